The molecule has 1 atom stereocenters. The zero-order chi connectivity index (χ0) is 19.8. The van der Waals surface area contributed by atoms with Gasteiger partial charge in [-0.15, -0.1) is 11.8 Å². The van der Waals surface area contributed by atoms with E-state index in [-0.39, 0.29) is 17.6 Å². The fourth-order valence-electron chi connectivity index (χ4n) is 2.52. The molecule has 0 aromatic heterocycles. The van der Waals surface area contributed by atoms with E-state index in [4.69, 9.17) is 11.6 Å². The minimum absolute atomic E-state index is 0.0777. The van der Waals surface area contributed by atoms with Gasteiger partial charge in [-0.05, 0) is 36.2 Å². The van der Waals surface area contributed by atoms with Gasteiger partial charge in [0, 0.05) is 28.8 Å². The number of benzene rings is 2. The van der Waals surface area contributed by atoms with Gasteiger partial charge >= 0.3 is 0 Å². The molecule has 0 radical (unpaired) electrons. The molecule has 0 bridgehead atoms. The van der Waals surface area contributed by atoms with Crippen molar-refractivity contribution < 1.29 is 9.59 Å². The summed E-state index contributed by atoms with van der Waals surface area (Å²) in [5, 5.41) is 3.32. The lowest BCUT2D eigenvalue weighted by Gasteiger charge is -2.28. The SMILES string of the molecule is CNC(=O)C(C)N(Cc1ccc(Br)cc1)C(=O)CSCc1ccccc1Cl. The van der Waals surface area contributed by atoms with Gasteiger partial charge in [0.25, 0.3) is 0 Å². The molecule has 2 aromatic rings. The van der Waals surface area contributed by atoms with E-state index >= 15 is 0 Å². The van der Waals surface area contributed by atoms with Crippen LogP contribution < -0.4 is 5.32 Å². The first-order valence-electron chi connectivity index (χ1n) is 8.49. The van der Waals surface area contributed by atoms with Crippen molar-refractivity contribution >= 4 is 51.1 Å². The molecule has 1 N–H and O–H groups in total. The maximum absolute atomic E-state index is 12.8. The third-order valence-electron chi connectivity index (χ3n) is 4.12. The number of carbonyl (C=O) groups is 2. The molecule has 0 aliphatic heterocycles. The second-order valence-corrected chi connectivity index (χ2v) is 8.33. The zero-order valence-corrected chi connectivity index (χ0v) is 18.4. The van der Waals surface area contributed by atoms with Crippen LogP contribution in [0.2, 0.25) is 5.02 Å². The van der Waals surface area contributed by atoms with Crippen molar-refractivity contribution in [1.29, 1.82) is 0 Å². The molecule has 144 valence electrons. The molecule has 7 heteroatoms. The molecule has 27 heavy (non-hydrogen) atoms. The smallest absolute Gasteiger partial charge is 0.242 e. The van der Waals surface area contributed by atoms with E-state index < -0.39 is 6.04 Å². The number of thioether (sulfide) groups is 1. The predicted molar refractivity (Wildman–Crippen MR) is 116 cm³/mol. The molecule has 0 spiro atoms. The zero-order valence-electron chi connectivity index (χ0n) is 15.2. The standard InChI is InChI=1S/C20H22BrClN2O2S/c1-14(20(26)23-2)24(11-15-7-9-17(21)10-8-15)19(25)13-27-12-16-5-3-4-6-18(16)22/h3-10,14H,11-13H2,1-2H3,(H,23,26). The fraction of sp³-hybridized carbons (Fsp3) is 0.300. The van der Waals surface area contributed by atoms with Crippen molar-refractivity contribution in [2.75, 3.05) is 12.8 Å². The highest BCUT2D eigenvalue weighted by molar-refractivity contribution is 9.10. The Hall–Kier alpha value is -1.50. The fourth-order valence-corrected chi connectivity index (χ4v) is 3.98. The summed E-state index contributed by atoms with van der Waals surface area (Å²) >= 11 is 11.1. The summed E-state index contributed by atoms with van der Waals surface area (Å²) in [5.74, 6) is 0.664. The molecule has 4 nitrogen and oxygen atoms in total. The second kappa shape index (κ2) is 10.7. The van der Waals surface area contributed by atoms with Gasteiger partial charge in [-0.25, -0.2) is 0 Å². The number of halogens is 2. The minimum Gasteiger partial charge on any atom is -0.357 e. The van der Waals surface area contributed by atoms with Crippen molar-refractivity contribution in [1.82, 2.24) is 10.2 Å². The molecule has 0 saturated heterocycles. The average molecular weight is 470 g/mol. The highest BCUT2D eigenvalue weighted by Gasteiger charge is 2.25. The number of amides is 2. The summed E-state index contributed by atoms with van der Waals surface area (Å²) in [4.78, 5) is 26.6. The maximum Gasteiger partial charge on any atom is 0.242 e. The highest BCUT2D eigenvalue weighted by atomic mass is 79.9. The van der Waals surface area contributed by atoms with Gasteiger partial charge < -0.3 is 10.2 Å². The number of hydrogen-bond acceptors (Lipinski definition) is 3. The Labute approximate surface area is 177 Å². The second-order valence-electron chi connectivity index (χ2n) is 6.02. The lowest BCUT2D eigenvalue weighted by atomic mass is 10.1. The van der Waals surface area contributed by atoms with Crippen LogP contribution in [0.3, 0.4) is 0 Å². The summed E-state index contributed by atoms with van der Waals surface area (Å²) < 4.78 is 0.971. The summed E-state index contributed by atoms with van der Waals surface area (Å²) in [5.41, 5.74) is 1.97. The first-order valence-corrected chi connectivity index (χ1v) is 10.8. The largest absolute Gasteiger partial charge is 0.357 e. The van der Waals surface area contributed by atoms with Crippen molar-refractivity contribution in [3.8, 4) is 0 Å². The Kier molecular flexibility index (Phi) is 8.67. The van der Waals surface area contributed by atoms with Gasteiger partial charge in [0.05, 0.1) is 5.75 Å². The monoisotopic (exact) mass is 468 g/mol. The third-order valence-corrected chi connectivity index (χ3v) is 5.98. The van der Waals surface area contributed by atoms with Crippen molar-refractivity contribution in [3.05, 3.63) is 69.2 Å². The lowest BCUT2D eigenvalue weighted by Crippen LogP contribution is -2.47. The topological polar surface area (TPSA) is 49.4 Å². The predicted octanol–water partition coefficient (Wildman–Crippen LogP) is 4.50. The van der Waals surface area contributed by atoms with Crippen LogP contribution in [-0.2, 0) is 21.9 Å². The van der Waals surface area contributed by atoms with E-state index in [1.54, 1.807) is 18.9 Å². The van der Waals surface area contributed by atoms with E-state index in [2.05, 4.69) is 21.2 Å². The molecule has 2 aromatic carbocycles. The quantitative estimate of drug-likeness (QED) is 0.619. The van der Waals surface area contributed by atoms with Crippen molar-refractivity contribution in [3.63, 3.8) is 0 Å². The molecule has 2 amide bonds. The molecule has 1 unspecified atom stereocenters. The van der Waals surface area contributed by atoms with Gasteiger partial charge in [-0.1, -0.05) is 57.9 Å². The van der Waals surface area contributed by atoms with Gasteiger partial charge in [0.2, 0.25) is 11.8 Å². The van der Waals surface area contributed by atoms with E-state index in [0.717, 1.165) is 15.6 Å². The van der Waals surface area contributed by atoms with Crippen LogP contribution >= 0.6 is 39.3 Å². The summed E-state index contributed by atoms with van der Waals surface area (Å²) in [6.45, 7) is 2.13. The number of hydrogen-bond donors (Lipinski definition) is 1. The van der Waals surface area contributed by atoms with E-state index in [1.165, 1.54) is 11.8 Å². The van der Waals surface area contributed by atoms with Crippen LogP contribution in [0.1, 0.15) is 18.1 Å². The lowest BCUT2D eigenvalue weighted by molar-refractivity contribution is -0.138. The molecule has 0 fully saturated rings. The molecule has 0 saturated carbocycles. The van der Waals surface area contributed by atoms with Gasteiger partial charge in [-0.3, -0.25) is 9.59 Å². The number of nitrogens with zero attached hydrogens (tertiary/aromatic N) is 1. The first-order chi connectivity index (χ1) is 12.9. The number of carbonyl (C=O) groups excluding carboxylic acids is 2. The van der Waals surface area contributed by atoms with Crippen molar-refractivity contribution in [2.45, 2.75) is 25.3 Å². The van der Waals surface area contributed by atoms with Crippen molar-refractivity contribution in [2.24, 2.45) is 0 Å². The van der Waals surface area contributed by atoms with Crippen LogP contribution in [-0.4, -0.2) is 35.6 Å². The Morgan fingerprint density at radius 1 is 1.19 bits per heavy atom. The van der Waals surface area contributed by atoms with Crippen LogP contribution in [0.15, 0.2) is 53.0 Å². The molecule has 0 aliphatic rings. The molecule has 0 aliphatic carbocycles. The number of likely N-dealkylation sites (N-methyl/N-ethyl adjacent to an activating group) is 1. The molecule has 0 heterocycles. The molecular weight excluding hydrogens is 448 g/mol. The Morgan fingerprint density at radius 2 is 1.85 bits per heavy atom. The average Bonchev–Trinajstić information content (AvgIpc) is 2.67. The summed E-state index contributed by atoms with van der Waals surface area (Å²) in [6, 6.07) is 14.8. The van der Waals surface area contributed by atoms with Crippen LogP contribution in [0.5, 0.6) is 0 Å². The van der Waals surface area contributed by atoms with Crippen LogP contribution in [0, 0.1) is 0 Å². The Balaban J connectivity index is 2.04. The van der Waals surface area contributed by atoms with E-state index in [9.17, 15) is 9.59 Å². The van der Waals surface area contributed by atoms with Crippen LogP contribution in [0.4, 0.5) is 0 Å². The Morgan fingerprint density at radius 3 is 2.48 bits per heavy atom. The number of nitrogens with one attached hydrogen (secondary N) is 1. The van der Waals surface area contributed by atoms with Gasteiger partial charge in [-0.2, -0.15) is 0 Å². The molecular formula is C20H22BrClN2O2S. The molecule has 2 rings (SSSR count). The number of rotatable bonds is 8. The third kappa shape index (κ3) is 6.55. The van der Waals surface area contributed by atoms with E-state index in [1.807, 2.05) is 48.5 Å². The van der Waals surface area contributed by atoms with Crippen LogP contribution in [0.25, 0.3) is 0 Å². The summed E-state index contributed by atoms with van der Waals surface area (Å²) in [7, 11) is 1.58. The Bertz CT molecular complexity index is 786. The summed E-state index contributed by atoms with van der Waals surface area (Å²) in [6.07, 6.45) is 0. The van der Waals surface area contributed by atoms with Gasteiger partial charge in [0.15, 0.2) is 0 Å². The first kappa shape index (κ1) is 21.8. The van der Waals surface area contributed by atoms with E-state index in [0.29, 0.717) is 17.3 Å². The minimum atomic E-state index is -0.549. The van der Waals surface area contributed by atoms with Gasteiger partial charge in [0.1, 0.15) is 6.04 Å². The highest BCUT2D eigenvalue weighted by Crippen LogP contribution is 2.22. The maximum atomic E-state index is 12.8. The normalized spacial score (nSPS) is 11.7.